The van der Waals surface area contributed by atoms with Gasteiger partial charge in [0.25, 0.3) is 5.91 Å². The molecular weight excluding hydrogens is 358 g/mol. The van der Waals surface area contributed by atoms with Crippen LogP contribution < -0.4 is 14.8 Å². The predicted octanol–water partition coefficient (Wildman–Crippen LogP) is 4.07. The quantitative estimate of drug-likeness (QED) is 0.522. The van der Waals surface area contributed by atoms with Gasteiger partial charge in [0.05, 0.1) is 18.9 Å². The lowest BCUT2D eigenvalue weighted by molar-refractivity contribution is -0.148. The van der Waals surface area contributed by atoms with Crippen molar-refractivity contribution in [3.05, 3.63) is 60.2 Å². The third-order valence-corrected chi connectivity index (χ3v) is 3.71. The molecule has 0 aliphatic rings. The van der Waals surface area contributed by atoms with E-state index in [9.17, 15) is 9.59 Å². The number of carbonyl (C=O) groups excluding carboxylic acids is 2. The standard InChI is InChI=1S/C22H25NO5/c1-4-26-18-13-10-17(11-14-18)12-15-21(24)28-16(3)22(25)23-19-8-6-7-9-20(19)27-5-2/h6-16H,4-5H2,1-3H3,(H,23,25)/b15-12+/t16-/m0/s1. The van der Waals surface area contributed by atoms with Crippen LogP contribution in [0, 0.1) is 0 Å². The summed E-state index contributed by atoms with van der Waals surface area (Å²) in [6.45, 7) is 6.36. The Morgan fingerprint density at radius 2 is 1.68 bits per heavy atom. The SMILES string of the molecule is CCOc1ccc(/C=C/C(=O)O[C@@H](C)C(=O)Nc2ccccc2OCC)cc1. The molecule has 0 aromatic heterocycles. The molecule has 6 nitrogen and oxygen atoms in total. The van der Waals surface area contributed by atoms with Gasteiger partial charge in [-0.15, -0.1) is 0 Å². The summed E-state index contributed by atoms with van der Waals surface area (Å²) in [5.41, 5.74) is 1.35. The molecule has 0 aliphatic carbocycles. The molecule has 0 spiro atoms. The fourth-order valence-corrected chi connectivity index (χ4v) is 2.36. The Balaban J connectivity index is 1.90. The zero-order chi connectivity index (χ0) is 20.4. The fraction of sp³-hybridized carbons (Fsp3) is 0.273. The van der Waals surface area contributed by atoms with Crippen LogP contribution in [-0.4, -0.2) is 31.2 Å². The van der Waals surface area contributed by atoms with Crippen molar-refractivity contribution < 1.29 is 23.8 Å². The minimum atomic E-state index is -0.952. The topological polar surface area (TPSA) is 73.9 Å². The van der Waals surface area contributed by atoms with Gasteiger partial charge < -0.3 is 19.5 Å². The summed E-state index contributed by atoms with van der Waals surface area (Å²) in [5, 5.41) is 2.71. The molecule has 1 atom stereocenters. The molecule has 0 aliphatic heterocycles. The van der Waals surface area contributed by atoms with Gasteiger partial charge in [0.1, 0.15) is 11.5 Å². The molecule has 0 saturated heterocycles. The zero-order valence-corrected chi connectivity index (χ0v) is 16.3. The number of para-hydroxylation sites is 2. The highest BCUT2D eigenvalue weighted by Crippen LogP contribution is 2.24. The van der Waals surface area contributed by atoms with Crippen molar-refractivity contribution in [3.8, 4) is 11.5 Å². The van der Waals surface area contributed by atoms with Crippen LogP contribution in [0.25, 0.3) is 6.08 Å². The van der Waals surface area contributed by atoms with Crippen LogP contribution in [0.15, 0.2) is 54.6 Å². The first-order valence-corrected chi connectivity index (χ1v) is 9.17. The summed E-state index contributed by atoms with van der Waals surface area (Å²) in [5.74, 6) is 0.289. The number of amides is 1. The highest BCUT2D eigenvalue weighted by molar-refractivity contribution is 5.97. The van der Waals surface area contributed by atoms with E-state index in [-0.39, 0.29) is 0 Å². The molecule has 6 heteroatoms. The lowest BCUT2D eigenvalue weighted by Gasteiger charge is -2.15. The fourth-order valence-electron chi connectivity index (χ4n) is 2.36. The Morgan fingerprint density at radius 3 is 2.36 bits per heavy atom. The van der Waals surface area contributed by atoms with Gasteiger partial charge in [-0.25, -0.2) is 4.79 Å². The molecule has 1 amide bonds. The van der Waals surface area contributed by atoms with Gasteiger partial charge in [0.15, 0.2) is 6.10 Å². The summed E-state index contributed by atoms with van der Waals surface area (Å²) in [6, 6.07) is 14.4. The van der Waals surface area contributed by atoms with Crippen molar-refractivity contribution in [2.45, 2.75) is 26.9 Å². The monoisotopic (exact) mass is 383 g/mol. The van der Waals surface area contributed by atoms with Gasteiger partial charge >= 0.3 is 5.97 Å². The average molecular weight is 383 g/mol. The molecule has 2 rings (SSSR count). The van der Waals surface area contributed by atoms with Crippen LogP contribution in [0.4, 0.5) is 5.69 Å². The second kappa shape index (κ2) is 10.8. The average Bonchev–Trinajstić information content (AvgIpc) is 2.69. The van der Waals surface area contributed by atoms with Crippen LogP contribution in [0.3, 0.4) is 0 Å². The van der Waals surface area contributed by atoms with Gasteiger partial charge in [-0.3, -0.25) is 4.79 Å². The first-order chi connectivity index (χ1) is 13.5. The van der Waals surface area contributed by atoms with Crippen molar-refractivity contribution in [2.75, 3.05) is 18.5 Å². The molecule has 28 heavy (non-hydrogen) atoms. The molecule has 0 bridgehead atoms. The van der Waals surface area contributed by atoms with Crippen LogP contribution in [-0.2, 0) is 14.3 Å². The second-order valence-electron chi connectivity index (χ2n) is 5.83. The number of carbonyl (C=O) groups is 2. The van der Waals surface area contributed by atoms with E-state index in [0.29, 0.717) is 24.7 Å². The molecule has 0 fully saturated rings. The highest BCUT2D eigenvalue weighted by Gasteiger charge is 2.18. The maximum Gasteiger partial charge on any atom is 0.331 e. The maximum absolute atomic E-state index is 12.3. The highest BCUT2D eigenvalue weighted by atomic mass is 16.5. The van der Waals surface area contributed by atoms with Gasteiger partial charge in [0, 0.05) is 6.08 Å². The Morgan fingerprint density at radius 1 is 1.00 bits per heavy atom. The van der Waals surface area contributed by atoms with E-state index in [4.69, 9.17) is 14.2 Å². The normalized spacial score (nSPS) is 11.7. The van der Waals surface area contributed by atoms with Crippen LogP contribution in [0.5, 0.6) is 11.5 Å². The number of nitrogens with one attached hydrogen (secondary N) is 1. The number of hydrogen-bond acceptors (Lipinski definition) is 5. The molecule has 0 saturated carbocycles. The largest absolute Gasteiger partial charge is 0.494 e. The van der Waals surface area contributed by atoms with E-state index < -0.39 is 18.0 Å². The van der Waals surface area contributed by atoms with Crippen molar-refractivity contribution in [2.24, 2.45) is 0 Å². The number of rotatable bonds is 9. The predicted molar refractivity (Wildman–Crippen MR) is 108 cm³/mol. The van der Waals surface area contributed by atoms with Crippen molar-refractivity contribution in [1.82, 2.24) is 0 Å². The number of esters is 1. The summed E-state index contributed by atoms with van der Waals surface area (Å²) in [4.78, 5) is 24.3. The van der Waals surface area contributed by atoms with E-state index in [2.05, 4.69) is 5.32 Å². The molecule has 148 valence electrons. The number of ether oxygens (including phenoxy) is 3. The Kier molecular flexibility index (Phi) is 8.09. The molecule has 0 radical (unpaired) electrons. The van der Waals surface area contributed by atoms with Crippen LogP contribution in [0.2, 0.25) is 0 Å². The Bertz CT molecular complexity index is 814. The number of anilines is 1. The van der Waals surface area contributed by atoms with E-state index in [0.717, 1.165) is 11.3 Å². The number of hydrogen-bond donors (Lipinski definition) is 1. The first-order valence-electron chi connectivity index (χ1n) is 9.17. The maximum atomic E-state index is 12.3. The van der Waals surface area contributed by atoms with E-state index in [1.54, 1.807) is 24.3 Å². The summed E-state index contributed by atoms with van der Waals surface area (Å²) < 4.78 is 16.0. The minimum Gasteiger partial charge on any atom is -0.494 e. The summed E-state index contributed by atoms with van der Waals surface area (Å²) >= 11 is 0. The van der Waals surface area contributed by atoms with Crippen LogP contribution in [0.1, 0.15) is 26.3 Å². The zero-order valence-electron chi connectivity index (χ0n) is 16.3. The lowest BCUT2D eigenvalue weighted by atomic mass is 10.2. The Hall–Kier alpha value is -3.28. The van der Waals surface area contributed by atoms with E-state index in [1.165, 1.54) is 13.0 Å². The number of benzene rings is 2. The molecule has 1 N–H and O–H groups in total. The molecule has 2 aromatic rings. The van der Waals surface area contributed by atoms with Gasteiger partial charge in [-0.05, 0) is 56.7 Å². The third-order valence-electron chi connectivity index (χ3n) is 3.71. The molecular formula is C22H25NO5. The van der Waals surface area contributed by atoms with Crippen LogP contribution >= 0.6 is 0 Å². The Labute approximate surface area is 165 Å². The van der Waals surface area contributed by atoms with Gasteiger partial charge in [0.2, 0.25) is 0 Å². The smallest absolute Gasteiger partial charge is 0.331 e. The third kappa shape index (κ3) is 6.46. The van der Waals surface area contributed by atoms with E-state index >= 15 is 0 Å². The second-order valence-corrected chi connectivity index (χ2v) is 5.83. The summed E-state index contributed by atoms with van der Waals surface area (Å²) in [6.07, 6.45) is 1.95. The molecule has 0 heterocycles. The summed E-state index contributed by atoms with van der Waals surface area (Å²) in [7, 11) is 0. The van der Waals surface area contributed by atoms with Crippen molar-refractivity contribution in [1.29, 1.82) is 0 Å². The van der Waals surface area contributed by atoms with Crippen molar-refractivity contribution in [3.63, 3.8) is 0 Å². The minimum absolute atomic E-state index is 0.435. The van der Waals surface area contributed by atoms with Gasteiger partial charge in [-0.2, -0.15) is 0 Å². The van der Waals surface area contributed by atoms with Gasteiger partial charge in [-0.1, -0.05) is 24.3 Å². The van der Waals surface area contributed by atoms with Crippen molar-refractivity contribution >= 4 is 23.6 Å². The molecule has 2 aromatic carbocycles. The van der Waals surface area contributed by atoms with E-state index in [1.807, 2.05) is 44.2 Å². The lowest BCUT2D eigenvalue weighted by Crippen LogP contribution is -2.29. The first kappa shape index (κ1) is 21.0. The molecule has 0 unspecified atom stereocenters.